The quantitative estimate of drug-likeness (QED) is 0.145. The van der Waals surface area contributed by atoms with Crippen LogP contribution in [0.3, 0.4) is 0 Å². The lowest BCUT2D eigenvalue weighted by Gasteiger charge is -2.22. The molecule has 3 aromatic heterocycles. The first-order valence-corrected chi connectivity index (χ1v) is 13.4. The van der Waals surface area contributed by atoms with Crippen molar-refractivity contribution in [3.05, 3.63) is 94.7 Å². The van der Waals surface area contributed by atoms with Gasteiger partial charge >= 0.3 is 6.18 Å². The molecule has 3 heterocycles. The number of fused-ring (bicyclic) bond motifs is 1. The molecule has 5 rings (SSSR count). The summed E-state index contributed by atoms with van der Waals surface area (Å²) in [6, 6.07) is 11.7. The van der Waals surface area contributed by atoms with Crippen LogP contribution in [-0.4, -0.2) is 44.1 Å². The van der Waals surface area contributed by atoms with Crippen LogP contribution >= 0.6 is 11.6 Å². The Morgan fingerprint density at radius 1 is 1.16 bits per heavy atom. The second-order valence-corrected chi connectivity index (χ2v) is 10.3. The van der Waals surface area contributed by atoms with Crippen molar-refractivity contribution in [3.63, 3.8) is 0 Å². The molecule has 0 unspecified atom stereocenters. The Morgan fingerprint density at radius 2 is 1.93 bits per heavy atom. The van der Waals surface area contributed by atoms with Crippen molar-refractivity contribution in [2.24, 2.45) is 0 Å². The number of nitrogens with zero attached hydrogens (tertiary/aromatic N) is 7. The van der Waals surface area contributed by atoms with E-state index >= 15 is 0 Å². The van der Waals surface area contributed by atoms with Crippen LogP contribution < -0.4 is 15.5 Å². The molecule has 0 aliphatic heterocycles. The van der Waals surface area contributed by atoms with Gasteiger partial charge in [-0.2, -0.15) is 22.8 Å². The number of amides is 1. The first-order valence-electron chi connectivity index (χ1n) is 13.0. The van der Waals surface area contributed by atoms with Crippen molar-refractivity contribution in [1.29, 1.82) is 5.26 Å². The highest BCUT2D eigenvalue weighted by Gasteiger charge is 2.30. The number of alkyl halides is 3. The number of anilines is 4. The number of nitriles is 1. The molecule has 0 bridgehead atoms. The highest BCUT2D eigenvalue weighted by Crippen LogP contribution is 2.38. The Balaban J connectivity index is 1.64. The van der Waals surface area contributed by atoms with Crippen LogP contribution in [0.15, 0.2) is 61.1 Å². The Morgan fingerprint density at radius 3 is 2.62 bits per heavy atom. The average molecular weight is 642 g/mol. The molecule has 0 aliphatic carbocycles. The number of aromatic nitrogens is 5. The molecule has 0 spiro atoms. The topological polar surface area (TPSA) is 125 Å². The molecular formula is C29H21ClF5N9O. The Bertz CT molecular complexity index is 1960. The van der Waals surface area contributed by atoms with Crippen LogP contribution in [0.2, 0.25) is 5.02 Å². The fourth-order valence-electron chi connectivity index (χ4n) is 4.52. The maximum atomic E-state index is 13.9. The highest BCUT2D eigenvalue weighted by atomic mass is 35.5. The van der Waals surface area contributed by atoms with E-state index in [1.165, 1.54) is 30.2 Å². The molecule has 16 heteroatoms. The molecule has 0 saturated heterocycles. The third kappa shape index (κ3) is 6.91. The Hall–Kier alpha value is -5.36. The highest BCUT2D eigenvalue weighted by molar-refractivity contribution is 6.32. The zero-order valence-electron chi connectivity index (χ0n) is 23.4. The molecule has 5 aromatic rings. The van der Waals surface area contributed by atoms with Gasteiger partial charge in [0.15, 0.2) is 5.82 Å². The zero-order chi connectivity index (χ0) is 32.5. The van der Waals surface area contributed by atoms with E-state index in [4.69, 9.17) is 11.6 Å². The van der Waals surface area contributed by atoms with Gasteiger partial charge in [0.1, 0.15) is 18.3 Å². The van der Waals surface area contributed by atoms with Crippen molar-refractivity contribution in [2.75, 3.05) is 22.6 Å². The lowest BCUT2D eigenvalue weighted by Crippen LogP contribution is -2.23. The molecule has 1 amide bonds. The molecule has 0 radical (unpaired) electrons. The fraction of sp³-hybridized carbons (Fsp3) is 0.172. The molecule has 0 saturated carbocycles. The molecule has 0 fully saturated rings. The number of carbonyl (C=O) groups excluding carboxylic acids is 1. The standard InChI is InChI=1S/C29H21ClF5N9O/c1-15(45)43(2)20-5-3-4-16(6-20)26(24-13-44(42-41-24)14-29(33,34)35)40-23-8-18(30)7-21-25(17(10-36)11-37-27(21)23)39-19-9-22(31)28(32)38-12-19/h3-9,11-13,26,40H,14H2,1-2H3,(H,37,39)/t26-/m0/s1. The van der Waals surface area contributed by atoms with Crippen LogP contribution in [0.5, 0.6) is 0 Å². The van der Waals surface area contributed by atoms with Crippen LogP contribution in [0, 0.1) is 23.1 Å². The van der Waals surface area contributed by atoms with Crippen molar-refractivity contribution < 1.29 is 26.7 Å². The smallest absolute Gasteiger partial charge is 0.371 e. The molecule has 10 nitrogen and oxygen atoms in total. The lowest BCUT2D eigenvalue weighted by atomic mass is 10.0. The summed E-state index contributed by atoms with van der Waals surface area (Å²) in [5, 5.41) is 24.0. The molecular weight excluding hydrogens is 621 g/mol. The first kappa shape index (κ1) is 31.1. The third-order valence-electron chi connectivity index (χ3n) is 6.68. The van der Waals surface area contributed by atoms with Gasteiger partial charge in [0, 0.05) is 42.3 Å². The summed E-state index contributed by atoms with van der Waals surface area (Å²) in [6.07, 6.45) is -1.10. The first-order chi connectivity index (χ1) is 21.3. The summed E-state index contributed by atoms with van der Waals surface area (Å²) in [5.41, 5.74) is 1.93. The number of hydrogen-bond acceptors (Lipinski definition) is 8. The minimum Gasteiger partial charge on any atom is -0.371 e. The van der Waals surface area contributed by atoms with E-state index in [0.29, 0.717) is 21.3 Å². The van der Waals surface area contributed by atoms with E-state index in [9.17, 15) is 32.0 Å². The summed E-state index contributed by atoms with van der Waals surface area (Å²) >= 11 is 6.49. The summed E-state index contributed by atoms with van der Waals surface area (Å²) in [7, 11) is 1.57. The van der Waals surface area contributed by atoms with Gasteiger partial charge < -0.3 is 15.5 Å². The van der Waals surface area contributed by atoms with E-state index in [0.717, 1.165) is 18.5 Å². The zero-order valence-corrected chi connectivity index (χ0v) is 24.1. The number of benzene rings is 2. The van der Waals surface area contributed by atoms with Gasteiger partial charge in [-0.3, -0.25) is 9.78 Å². The van der Waals surface area contributed by atoms with E-state index < -0.39 is 30.5 Å². The minimum atomic E-state index is -4.55. The van der Waals surface area contributed by atoms with Gasteiger partial charge in [-0.25, -0.2) is 14.1 Å². The average Bonchev–Trinajstić information content (AvgIpc) is 3.44. The molecule has 45 heavy (non-hydrogen) atoms. The predicted octanol–water partition coefficient (Wildman–Crippen LogP) is 6.51. The second-order valence-electron chi connectivity index (χ2n) is 9.84. The van der Waals surface area contributed by atoms with Crippen LogP contribution in [0.1, 0.15) is 29.8 Å². The number of pyridine rings is 2. The van der Waals surface area contributed by atoms with Gasteiger partial charge in [0.2, 0.25) is 11.9 Å². The Labute approximate surface area is 257 Å². The Kier molecular flexibility index (Phi) is 8.51. The van der Waals surface area contributed by atoms with E-state index in [-0.39, 0.29) is 44.8 Å². The SMILES string of the molecule is CC(=O)N(C)c1cccc([C@H](Nc2cc(Cl)cc3c(Nc4cnc(F)c(F)c4)c(C#N)cnc23)c2cn(CC(F)(F)F)nn2)c1. The number of carbonyl (C=O) groups is 1. The fourth-order valence-corrected chi connectivity index (χ4v) is 4.73. The maximum absolute atomic E-state index is 13.9. The van der Waals surface area contributed by atoms with Gasteiger partial charge in [-0.05, 0) is 29.8 Å². The van der Waals surface area contributed by atoms with Crippen molar-refractivity contribution >= 4 is 51.2 Å². The van der Waals surface area contributed by atoms with Gasteiger partial charge in [0.05, 0.1) is 46.6 Å². The van der Waals surface area contributed by atoms with Crippen molar-refractivity contribution in [1.82, 2.24) is 25.0 Å². The largest absolute Gasteiger partial charge is 0.408 e. The number of rotatable bonds is 8. The van der Waals surface area contributed by atoms with Gasteiger partial charge in [-0.1, -0.05) is 28.9 Å². The van der Waals surface area contributed by atoms with Crippen LogP contribution in [-0.2, 0) is 11.3 Å². The molecule has 2 aromatic carbocycles. The summed E-state index contributed by atoms with van der Waals surface area (Å²) < 4.78 is 67.4. The van der Waals surface area contributed by atoms with E-state index in [2.05, 4.69) is 30.9 Å². The monoisotopic (exact) mass is 641 g/mol. The van der Waals surface area contributed by atoms with Crippen molar-refractivity contribution in [2.45, 2.75) is 25.7 Å². The summed E-state index contributed by atoms with van der Waals surface area (Å²) in [6.45, 7) is 0.0126. The minimum absolute atomic E-state index is 0.0398. The second kappa shape index (κ2) is 12.3. The van der Waals surface area contributed by atoms with Crippen LogP contribution in [0.4, 0.5) is 44.7 Å². The number of halogens is 6. The number of nitrogens with one attached hydrogen (secondary N) is 2. The third-order valence-corrected chi connectivity index (χ3v) is 6.90. The maximum Gasteiger partial charge on any atom is 0.408 e. The van der Waals surface area contributed by atoms with E-state index in [1.54, 1.807) is 31.3 Å². The number of hydrogen-bond donors (Lipinski definition) is 2. The van der Waals surface area contributed by atoms with Gasteiger partial charge in [-0.15, -0.1) is 5.10 Å². The van der Waals surface area contributed by atoms with Crippen LogP contribution in [0.25, 0.3) is 10.9 Å². The molecule has 230 valence electrons. The molecule has 2 N–H and O–H groups in total. The molecule has 1 atom stereocenters. The molecule has 0 aliphatic rings. The normalized spacial score (nSPS) is 12.1. The summed E-state index contributed by atoms with van der Waals surface area (Å²) in [4.78, 5) is 21.2. The van der Waals surface area contributed by atoms with E-state index in [1.807, 2.05) is 6.07 Å². The lowest BCUT2D eigenvalue weighted by molar-refractivity contribution is -0.142. The predicted molar refractivity (Wildman–Crippen MR) is 156 cm³/mol. The van der Waals surface area contributed by atoms with Gasteiger partial charge in [0.25, 0.3) is 0 Å². The van der Waals surface area contributed by atoms with Crippen molar-refractivity contribution in [3.8, 4) is 6.07 Å². The summed E-state index contributed by atoms with van der Waals surface area (Å²) in [5.74, 6) is -2.76.